The standard InChI is InChI=1S/C11H16N2O/c12-7-2-8-14-11-6-5-9-3-1-4-10(9)13-11/h5-6H,1-4,7-8,12H2. The number of rotatable bonds is 4. The Bertz CT molecular complexity index is 312. The number of hydrogen-bond donors (Lipinski definition) is 1. The third-order valence-corrected chi connectivity index (χ3v) is 2.50. The minimum absolute atomic E-state index is 0.669. The topological polar surface area (TPSA) is 48.1 Å². The summed E-state index contributed by atoms with van der Waals surface area (Å²) < 4.78 is 5.48. The van der Waals surface area contributed by atoms with Crippen LogP contribution < -0.4 is 10.5 Å². The third-order valence-electron chi connectivity index (χ3n) is 2.50. The molecule has 0 spiro atoms. The highest BCUT2D eigenvalue weighted by Crippen LogP contribution is 2.22. The molecule has 2 rings (SSSR count). The molecule has 1 aliphatic carbocycles. The maximum atomic E-state index is 5.48. The van der Waals surface area contributed by atoms with Crippen molar-refractivity contribution in [3.63, 3.8) is 0 Å². The predicted molar refractivity (Wildman–Crippen MR) is 55.4 cm³/mol. The summed E-state index contributed by atoms with van der Waals surface area (Å²) in [5, 5.41) is 0. The predicted octanol–water partition coefficient (Wildman–Crippen LogP) is 1.30. The fourth-order valence-corrected chi connectivity index (χ4v) is 1.74. The molecule has 0 unspecified atom stereocenters. The number of fused-ring (bicyclic) bond motifs is 1. The lowest BCUT2D eigenvalue weighted by Gasteiger charge is -2.05. The summed E-state index contributed by atoms with van der Waals surface area (Å²) in [7, 11) is 0. The van der Waals surface area contributed by atoms with Crippen LogP contribution in [0.3, 0.4) is 0 Å². The highest BCUT2D eigenvalue weighted by atomic mass is 16.5. The number of aromatic nitrogens is 1. The molecule has 0 atom stereocenters. The Morgan fingerprint density at radius 3 is 3.14 bits per heavy atom. The number of aryl methyl sites for hydroxylation is 2. The fourth-order valence-electron chi connectivity index (χ4n) is 1.74. The highest BCUT2D eigenvalue weighted by Gasteiger charge is 2.12. The van der Waals surface area contributed by atoms with Crippen LogP contribution in [0.4, 0.5) is 0 Å². The summed E-state index contributed by atoms with van der Waals surface area (Å²) in [6.45, 7) is 1.34. The van der Waals surface area contributed by atoms with E-state index in [1.54, 1.807) is 0 Å². The third kappa shape index (κ3) is 2.04. The largest absolute Gasteiger partial charge is 0.478 e. The van der Waals surface area contributed by atoms with Gasteiger partial charge in [0.1, 0.15) is 0 Å². The second kappa shape index (κ2) is 4.42. The van der Waals surface area contributed by atoms with Crippen molar-refractivity contribution in [3.05, 3.63) is 23.4 Å². The number of hydrogen-bond acceptors (Lipinski definition) is 3. The number of ether oxygens (including phenoxy) is 1. The lowest BCUT2D eigenvalue weighted by Crippen LogP contribution is -2.07. The van der Waals surface area contributed by atoms with Gasteiger partial charge in [0.05, 0.1) is 6.61 Å². The molecule has 0 fully saturated rings. The molecule has 1 aromatic rings. The first-order chi connectivity index (χ1) is 6.90. The number of pyridine rings is 1. The Morgan fingerprint density at radius 1 is 1.36 bits per heavy atom. The maximum absolute atomic E-state index is 5.48. The van der Waals surface area contributed by atoms with Crippen molar-refractivity contribution in [2.75, 3.05) is 13.2 Å². The summed E-state index contributed by atoms with van der Waals surface area (Å²) in [4.78, 5) is 4.46. The van der Waals surface area contributed by atoms with Crippen LogP contribution in [0.15, 0.2) is 12.1 Å². The summed E-state index contributed by atoms with van der Waals surface area (Å²) in [5.74, 6) is 0.749. The smallest absolute Gasteiger partial charge is 0.213 e. The fraction of sp³-hybridized carbons (Fsp3) is 0.545. The average molecular weight is 192 g/mol. The van der Waals surface area contributed by atoms with E-state index in [1.807, 2.05) is 6.07 Å². The van der Waals surface area contributed by atoms with Crippen LogP contribution >= 0.6 is 0 Å². The zero-order valence-corrected chi connectivity index (χ0v) is 8.33. The van der Waals surface area contributed by atoms with Gasteiger partial charge in [-0.25, -0.2) is 4.98 Å². The first kappa shape index (κ1) is 9.46. The van der Waals surface area contributed by atoms with Gasteiger partial charge in [-0.2, -0.15) is 0 Å². The van der Waals surface area contributed by atoms with E-state index >= 15 is 0 Å². The molecule has 3 nitrogen and oxygen atoms in total. The van der Waals surface area contributed by atoms with Crippen LogP contribution in [0.5, 0.6) is 5.88 Å². The van der Waals surface area contributed by atoms with Crippen LogP contribution in [-0.2, 0) is 12.8 Å². The SMILES string of the molecule is NCCCOc1ccc2c(n1)CCC2. The van der Waals surface area contributed by atoms with Crippen LogP contribution in [0.2, 0.25) is 0 Å². The molecule has 1 aliphatic rings. The lowest BCUT2D eigenvalue weighted by molar-refractivity contribution is 0.301. The van der Waals surface area contributed by atoms with E-state index in [9.17, 15) is 0 Å². The quantitative estimate of drug-likeness (QED) is 0.731. The monoisotopic (exact) mass is 192 g/mol. The van der Waals surface area contributed by atoms with Gasteiger partial charge in [0, 0.05) is 11.8 Å². The Hall–Kier alpha value is -1.09. The highest BCUT2D eigenvalue weighted by molar-refractivity contribution is 5.29. The van der Waals surface area contributed by atoms with Gasteiger partial charge in [-0.1, -0.05) is 6.07 Å². The van der Waals surface area contributed by atoms with E-state index in [1.165, 1.54) is 24.1 Å². The lowest BCUT2D eigenvalue weighted by atomic mass is 10.2. The van der Waals surface area contributed by atoms with Gasteiger partial charge in [-0.15, -0.1) is 0 Å². The summed E-state index contributed by atoms with van der Waals surface area (Å²) in [6, 6.07) is 4.09. The number of nitrogens with zero attached hydrogens (tertiary/aromatic N) is 1. The summed E-state index contributed by atoms with van der Waals surface area (Å²) in [6.07, 6.45) is 4.39. The van der Waals surface area contributed by atoms with Crippen LogP contribution in [0.25, 0.3) is 0 Å². The van der Waals surface area contributed by atoms with Gasteiger partial charge < -0.3 is 10.5 Å². The van der Waals surface area contributed by atoms with Gasteiger partial charge in [-0.3, -0.25) is 0 Å². The second-order valence-electron chi connectivity index (χ2n) is 3.60. The average Bonchev–Trinajstić information content (AvgIpc) is 2.65. The van der Waals surface area contributed by atoms with Crippen molar-refractivity contribution in [1.29, 1.82) is 0 Å². The molecule has 0 aromatic carbocycles. The second-order valence-corrected chi connectivity index (χ2v) is 3.60. The molecule has 76 valence electrons. The molecule has 0 aliphatic heterocycles. The van der Waals surface area contributed by atoms with Crippen LogP contribution in [0.1, 0.15) is 24.1 Å². The molecular formula is C11H16N2O. The van der Waals surface area contributed by atoms with Gasteiger partial charge in [0.15, 0.2) is 0 Å². The van der Waals surface area contributed by atoms with Crippen molar-refractivity contribution in [2.24, 2.45) is 5.73 Å². The van der Waals surface area contributed by atoms with E-state index in [0.29, 0.717) is 13.2 Å². The first-order valence-corrected chi connectivity index (χ1v) is 5.22. The summed E-state index contributed by atoms with van der Waals surface area (Å²) >= 11 is 0. The van der Waals surface area contributed by atoms with E-state index in [2.05, 4.69) is 11.1 Å². The van der Waals surface area contributed by atoms with Crippen molar-refractivity contribution in [3.8, 4) is 5.88 Å². The van der Waals surface area contributed by atoms with Gasteiger partial charge in [0.2, 0.25) is 5.88 Å². The molecule has 3 heteroatoms. The normalized spacial score (nSPS) is 14.1. The van der Waals surface area contributed by atoms with E-state index in [0.717, 1.165) is 18.7 Å². The Labute approximate surface area is 84.3 Å². The molecule has 1 aromatic heterocycles. The van der Waals surface area contributed by atoms with Crippen molar-refractivity contribution in [2.45, 2.75) is 25.7 Å². The van der Waals surface area contributed by atoms with Crippen molar-refractivity contribution in [1.82, 2.24) is 4.98 Å². The Morgan fingerprint density at radius 2 is 2.29 bits per heavy atom. The molecule has 0 radical (unpaired) electrons. The molecule has 0 bridgehead atoms. The van der Waals surface area contributed by atoms with Crippen molar-refractivity contribution < 1.29 is 4.74 Å². The molecule has 0 saturated carbocycles. The van der Waals surface area contributed by atoms with Crippen molar-refractivity contribution >= 4 is 0 Å². The number of nitrogens with two attached hydrogens (primary N) is 1. The molecule has 1 heterocycles. The van der Waals surface area contributed by atoms with Gasteiger partial charge >= 0.3 is 0 Å². The van der Waals surface area contributed by atoms with Gasteiger partial charge in [-0.05, 0) is 37.8 Å². The zero-order valence-electron chi connectivity index (χ0n) is 8.33. The van der Waals surface area contributed by atoms with E-state index < -0.39 is 0 Å². The molecule has 0 saturated heterocycles. The van der Waals surface area contributed by atoms with Gasteiger partial charge in [0.25, 0.3) is 0 Å². The summed E-state index contributed by atoms with van der Waals surface area (Å²) in [5.41, 5.74) is 7.99. The Kier molecular flexibility index (Phi) is 2.99. The Balaban J connectivity index is 1.98. The first-order valence-electron chi connectivity index (χ1n) is 5.22. The molecule has 2 N–H and O–H groups in total. The van der Waals surface area contributed by atoms with Crippen LogP contribution in [-0.4, -0.2) is 18.1 Å². The van der Waals surface area contributed by atoms with E-state index in [4.69, 9.17) is 10.5 Å². The van der Waals surface area contributed by atoms with Crippen LogP contribution in [0, 0.1) is 0 Å². The minimum atomic E-state index is 0.669. The molecule has 14 heavy (non-hydrogen) atoms. The molecular weight excluding hydrogens is 176 g/mol. The maximum Gasteiger partial charge on any atom is 0.213 e. The zero-order chi connectivity index (χ0) is 9.80. The van der Waals surface area contributed by atoms with E-state index in [-0.39, 0.29) is 0 Å². The molecule has 0 amide bonds. The minimum Gasteiger partial charge on any atom is -0.478 e.